The highest BCUT2D eigenvalue weighted by atomic mass is 19.4. The molecule has 1 fully saturated rings. The van der Waals surface area contributed by atoms with Crippen molar-refractivity contribution in [3.05, 3.63) is 17.5 Å². The molecule has 8 heteroatoms. The Labute approximate surface area is 133 Å². The number of carbonyl (C=O) groups is 1. The molecule has 1 saturated heterocycles. The van der Waals surface area contributed by atoms with Crippen molar-refractivity contribution in [1.82, 2.24) is 15.1 Å². The van der Waals surface area contributed by atoms with Crippen LogP contribution >= 0.6 is 0 Å². The predicted molar refractivity (Wildman–Crippen MR) is 77.7 cm³/mol. The number of nitrogens with zero attached hydrogens (tertiary/aromatic N) is 2. The molecule has 1 unspecified atom stereocenters. The highest BCUT2D eigenvalue weighted by molar-refractivity contribution is 5.78. The quantitative estimate of drug-likeness (QED) is 0.900. The van der Waals surface area contributed by atoms with Crippen molar-refractivity contribution in [1.29, 1.82) is 0 Å². The smallest absolute Gasteiger partial charge is 0.381 e. The highest BCUT2D eigenvalue weighted by Gasteiger charge is 2.35. The number of hydrogen-bond donors (Lipinski definition) is 1. The summed E-state index contributed by atoms with van der Waals surface area (Å²) in [7, 11) is 0. The Morgan fingerprint density at radius 2 is 2.13 bits per heavy atom. The van der Waals surface area contributed by atoms with Crippen LogP contribution in [-0.2, 0) is 22.3 Å². The van der Waals surface area contributed by atoms with Gasteiger partial charge in [-0.1, -0.05) is 6.92 Å². The lowest BCUT2D eigenvalue weighted by molar-refractivity contribution is -0.144. The third-order valence-corrected chi connectivity index (χ3v) is 3.89. The molecule has 1 aliphatic rings. The van der Waals surface area contributed by atoms with E-state index in [0.717, 1.165) is 10.7 Å². The molecule has 2 rings (SSSR count). The summed E-state index contributed by atoms with van der Waals surface area (Å²) in [4.78, 5) is 12.0. The topological polar surface area (TPSA) is 56.2 Å². The van der Waals surface area contributed by atoms with E-state index < -0.39 is 11.9 Å². The molecule has 0 aliphatic carbocycles. The largest absolute Gasteiger partial charge is 0.433 e. The molecule has 0 bridgehead atoms. The minimum atomic E-state index is -4.42. The lowest BCUT2D eigenvalue weighted by Gasteiger charge is -2.22. The van der Waals surface area contributed by atoms with Crippen molar-refractivity contribution >= 4 is 5.91 Å². The second-order valence-electron chi connectivity index (χ2n) is 6.09. The second-order valence-corrected chi connectivity index (χ2v) is 6.09. The molecule has 1 N–H and O–H groups in total. The van der Waals surface area contributed by atoms with E-state index >= 15 is 0 Å². The Bertz CT molecular complexity index is 537. The molecule has 0 aromatic carbocycles. The Balaban J connectivity index is 1.87. The fraction of sp³-hybridized carbons (Fsp3) is 0.733. The number of aryl methyl sites for hydroxylation is 1. The van der Waals surface area contributed by atoms with Crippen molar-refractivity contribution in [3.63, 3.8) is 0 Å². The maximum absolute atomic E-state index is 12.9. The van der Waals surface area contributed by atoms with Gasteiger partial charge in [0.15, 0.2) is 0 Å². The molecule has 1 aromatic rings. The van der Waals surface area contributed by atoms with Crippen molar-refractivity contribution in [2.75, 3.05) is 19.8 Å². The standard InChI is InChI=1S/C15H22F3N3O2/c1-10(8-19-14(22)12-3-5-23-6-4-12)9-21-13(15(16,17)18)7-11(2)20-21/h7,10,12H,3-6,8-9H2,1-2H3,(H,19,22). The monoisotopic (exact) mass is 333 g/mol. The van der Waals surface area contributed by atoms with Crippen LogP contribution in [0.4, 0.5) is 13.2 Å². The lowest BCUT2D eigenvalue weighted by Crippen LogP contribution is -2.37. The summed E-state index contributed by atoms with van der Waals surface area (Å²) in [5, 5.41) is 6.72. The lowest BCUT2D eigenvalue weighted by atomic mass is 9.99. The first-order valence-corrected chi connectivity index (χ1v) is 7.74. The van der Waals surface area contributed by atoms with Gasteiger partial charge in [0.25, 0.3) is 0 Å². The minimum absolute atomic E-state index is 0.0483. The molecule has 1 atom stereocenters. The van der Waals surface area contributed by atoms with E-state index in [1.807, 2.05) is 0 Å². The fourth-order valence-corrected chi connectivity index (χ4v) is 2.65. The number of ether oxygens (including phenoxy) is 1. The molecule has 1 aromatic heterocycles. The van der Waals surface area contributed by atoms with Crippen molar-refractivity contribution in [2.45, 2.75) is 39.4 Å². The van der Waals surface area contributed by atoms with E-state index in [1.54, 1.807) is 6.92 Å². The summed E-state index contributed by atoms with van der Waals surface area (Å²) >= 11 is 0. The van der Waals surface area contributed by atoms with Crippen LogP contribution in [0.3, 0.4) is 0 Å². The zero-order valence-electron chi connectivity index (χ0n) is 13.3. The number of aromatic nitrogens is 2. The van der Waals surface area contributed by atoms with Gasteiger partial charge >= 0.3 is 6.18 Å². The van der Waals surface area contributed by atoms with E-state index in [0.29, 0.717) is 38.3 Å². The van der Waals surface area contributed by atoms with Crippen LogP contribution in [0.5, 0.6) is 0 Å². The maximum Gasteiger partial charge on any atom is 0.433 e. The Morgan fingerprint density at radius 3 is 2.74 bits per heavy atom. The number of amides is 1. The molecule has 0 radical (unpaired) electrons. The van der Waals surface area contributed by atoms with Gasteiger partial charge in [0.2, 0.25) is 5.91 Å². The van der Waals surface area contributed by atoms with Gasteiger partial charge in [-0.15, -0.1) is 0 Å². The summed E-state index contributed by atoms with van der Waals surface area (Å²) in [6.07, 6.45) is -3.04. The first-order valence-electron chi connectivity index (χ1n) is 7.74. The van der Waals surface area contributed by atoms with E-state index in [4.69, 9.17) is 4.74 Å². The van der Waals surface area contributed by atoms with E-state index in [-0.39, 0.29) is 24.3 Å². The average Bonchev–Trinajstić information content (AvgIpc) is 2.86. The van der Waals surface area contributed by atoms with E-state index in [9.17, 15) is 18.0 Å². The van der Waals surface area contributed by atoms with Crippen LogP contribution in [0, 0.1) is 18.8 Å². The molecule has 1 amide bonds. The normalized spacial score (nSPS) is 18.0. The van der Waals surface area contributed by atoms with Gasteiger partial charge in [-0.2, -0.15) is 18.3 Å². The Hall–Kier alpha value is -1.57. The Kier molecular flexibility index (Phi) is 5.67. The number of carbonyl (C=O) groups excluding carboxylic acids is 1. The summed E-state index contributed by atoms with van der Waals surface area (Å²) in [6, 6.07) is 1.04. The molecular weight excluding hydrogens is 311 g/mol. The van der Waals surface area contributed by atoms with Crippen LogP contribution in [-0.4, -0.2) is 35.4 Å². The van der Waals surface area contributed by atoms with Crippen LogP contribution in [0.1, 0.15) is 31.2 Å². The molecule has 130 valence electrons. The van der Waals surface area contributed by atoms with Crippen LogP contribution in [0.25, 0.3) is 0 Å². The van der Waals surface area contributed by atoms with Crippen LogP contribution < -0.4 is 5.32 Å². The molecule has 23 heavy (non-hydrogen) atoms. The molecular formula is C15H22F3N3O2. The zero-order valence-corrected chi connectivity index (χ0v) is 13.3. The Morgan fingerprint density at radius 1 is 1.48 bits per heavy atom. The fourth-order valence-electron chi connectivity index (χ4n) is 2.65. The van der Waals surface area contributed by atoms with Crippen molar-refractivity contribution < 1.29 is 22.7 Å². The van der Waals surface area contributed by atoms with Gasteiger partial charge < -0.3 is 10.1 Å². The van der Waals surface area contributed by atoms with Gasteiger partial charge in [-0.05, 0) is 31.7 Å². The van der Waals surface area contributed by atoms with Crippen LogP contribution in [0.15, 0.2) is 6.07 Å². The third kappa shape index (κ3) is 4.95. The van der Waals surface area contributed by atoms with Gasteiger partial charge in [0.1, 0.15) is 5.69 Å². The average molecular weight is 333 g/mol. The van der Waals surface area contributed by atoms with E-state index in [2.05, 4.69) is 10.4 Å². The highest BCUT2D eigenvalue weighted by Crippen LogP contribution is 2.30. The van der Waals surface area contributed by atoms with Crippen molar-refractivity contribution in [2.24, 2.45) is 11.8 Å². The predicted octanol–water partition coefficient (Wildman–Crippen LogP) is 2.39. The maximum atomic E-state index is 12.9. The number of halogens is 3. The van der Waals surface area contributed by atoms with Gasteiger partial charge in [-0.3, -0.25) is 9.48 Å². The number of hydrogen-bond acceptors (Lipinski definition) is 3. The first-order chi connectivity index (χ1) is 10.8. The SMILES string of the molecule is Cc1cc(C(F)(F)F)n(CC(C)CNC(=O)C2CCOCC2)n1. The van der Waals surface area contributed by atoms with Crippen molar-refractivity contribution in [3.8, 4) is 0 Å². The number of rotatable bonds is 5. The second kappa shape index (κ2) is 7.33. The van der Waals surface area contributed by atoms with Crippen LogP contribution in [0.2, 0.25) is 0 Å². The van der Waals surface area contributed by atoms with Gasteiger partial charge in [-0.25, -0.2) is 0 Å². The summed E-state index contributed by atoms with van der Waals surface area (Å²) in [5.41, 5.74) is -0.423. The zero-order chi connectivity index (χ0) is 17.0. The summed E-state index contributed by atoms with van der Waals surface area (Å²) in [6.45, 7) is 4.91. The van der Waals surface area contributed by atoms with E-state index in [1.165, 1.54) is 6.92 Å². The molecule has 5 nitrogen and oxygen atoms in total. The van der Waals surface area contributed by atoms with Gasteiger partial charge in [0.05, 0.1) is 5.69 Å². The first kappa shape index (κ1) is 17.8. The number of alkyl halides is 3. The molecule has 1 aliphatic heterocycles. The summed E-state index contributed by atoms with van der Waals surface area (Å²) in [5.74, 6) is -0.263. The number of nitrogens with one attached hydrogen (secondary N) is 1. The molecule has 0 saturated carbocycles. The molecule has 0 spiro atoms. The van der Waals surface area contributed by atoms with Gasteiger partial charge in [0, 0.05) is 32.2 Å². The third-order valence-electron chi connectivity index (χ3n) is 3.89. The molecule has 2 heterocycles. The minimum Gasteiger partial charge on any atom is -0.381 e. The summed E-state index contributed by atoms with van der Waals surface area (Å²) < 4.78 is 45.0.